The molecule has 0 fully saturated rings. The Bertz CT molecular complexity index is 407. The molecule has 0 saturated heterocycles. The summed E-state index contributed by atoms with van der Waals surface area (Å²) in [5, 5.41) is 0.702. The van der Waals surface area contributed by atoms with Crippen LogP contribution in [0.5, 0.6) is 0 Å². The van der Waals surface area contributed by atoms with Crippen molar-refractivity contribution in [2.45, 2.75) is 13.8 Å². The third-order valence-corrected chi connectivity index (χ3v) is 2.85. The van der Waals surface area contributed by atoms with E-state index in [9.17, 15) is 4.39 Å². The Kier molecular flexibility index (Phi) is 2.97. The summed E-state index contributed by atoms with van der Waals surface area (Å²) < 4.78 is 13.4. The van der Waals surface area contributed by atoms with Gasteiger partial charge in [0.05, 0.1) is 10.2 Å². The summed E-state index contributed by atoms with van der Waals surface area (Å²) in [6, 6.07) is 4.20. The van der Waals surface area contributed by atoms with Crippen molar-refractivity contribution in [1.82, 2.24) is 0 Å². The summed E-state index contributed by atoms with van der Waals surface area (Å²) in [5.41, 5.74) is 1.99. The molecule has 0 aliphatic carbocycles. The summed E-state index contributed by atoms with van der Waals surface area (Å²) in [6.07, 6.45) is 5.27. The lowest BCUT2D eigenvalue weighted by Crippen LogP contribution is -2.22. The van der Waals surface area contributed by atoms with Crippen molar-refractivity contribution in [2.75, 3.05) is 11.9 Å². The van der Waals surface area contributed by atoms with E-state index in [1.807, 2.05) is 0 Å². The molecule has 1 aromatic carbocycles. The normalized spacial score (nSPS) is 9.71. The number of rotatable bonds is 1. The van der Waals surface area contributed by atoms with Crippen molar-refractivity contribution >= 4 is 21.1 Å². The van der Waals surface area contributed by atoms with E-state index < -0.39 is 0 Å². The molecule has 0 N–H and O–H groups in total. The number of hydrogen-bond acceptors (Lipinski definition) is 1. The van der Waals surface area contributed by atoms with Crippen LogP contribution in [0.1, 0.15) is 11.1 Å². The van der Waals surface area contributed by atoms with Crippen LogP contribution in [-0.4, -0.2) is 17.3 Å². The fourth-order valence-corrected chi connectivity index (χ4v) is 1.62. The van der Waals surface area contributed by atoms with E-state index in [4.69, 9.17) is 6.42 Å². The number of anilines is 1. The molecule has 0 aliphatic heterocycles. The maximum atomic E-state index is 13.4. The number of hydrogen-bond donors (Lipinski definition) is 0. The molecule has 0 amide bonds. The first-order valence-corrected chi connectivity index (χ1v) is 4.70. The largest absolute Gasteiger partial charge is 0.305 e. The molecule has 14 heavy (non-hydrogen) atoms. The van der Waals surface area contributed by atoms with Crippen LogP contribution in [0, 0.1) is 32.1 Å². The third kappa shape index (κ3) is 1.66. The van der Waals surface area contributed by atoms with Crippen molar-refractivity contribution < 1.29 is 4.39 Å². The Morgan fingerprint density at radius 2 is 2.07 bits per heavy atom. The molecule has 1 rings (SSSR count). The number of nitrogens with zero attached hydrogens (tertiary/aromatic N) is 1. The highest BCUT2D eigenvalue weighted by Crippen LogP contribution is 2.17. The Morgan fingerprint density at radius 1 is 1.50 bits per heavy atom. The van der Waals surface area contributed by atoms with Gasteiger partial charge in [-0.2, -0.15) is 0 Å². The molecule has 1 nitrogen and oxygen atoms in total. The zero-order chi connectivity index (χ0) is 10.9. The van der Waals surface area contributed by atoms with E-state index in [0.717, 1.165) is 5.69 Å². The lowest BCUT2D eigenvalue weighted by molar-refractivity contribution is 0.611. The molecule has 0 unspecified atom stereocenters. The average molecular weight is 204 g/mol. The molecule has 3 heteroatoms. The smallest absolute Gasteiger partial charge is 0.129 e. The van der Waals surface area contributed by atoms with Crippen LogP contribution >= 0.6 is 0 Å². The zero-order valence-corrected chi connectivity index (χ0v) is 9.48. The summed E-state index contributed by atoms with van der Waals surface area (Å²) in [4.78, 5) is 1.61. The van der Waals surface area contributed by atoms with E-state index in [2.05, 4.69) is 16.3 Å². The molecule has 0 aliphatic rings. The van der Waals surface area contributed by atoms with Gasteiger partial charge in [0, 0.05) is 18.8 Å². The fraction of sp³-hybridized carbons (Fsp3) is 0.273. The predicted octanol–water partition coefficient (Wildman–Crippen LogP) is 1.26. The average Bonchev–Trinajstić information content (AvgIpc) is 2.19. The van der Waals surface area contributed by atoms with Crippen molar-refractivity contribution in [3.8, 4) is 12.5 Å². The standard InChI is InChI=1S/C11H11FNSi/c1-5-13(4)9-6-7(2)10(12)8(3)11(9)14/h1,6H,2-4H3. The minimum atomic E-state index is -0.191. The SMILES string of the molecule is C#CN(C)c1cc(C)c(F)c(C)c1[Si]. The maximum absolute atomic E-state index is 13.4. The monoisotopic (exact) mass is 204 g/mol. The lowest BCUT2D eigenvalue weighted by atomic mass is 10.1. The molecule has 1 aromatic rings. The quantitative estimate of drug-likeness (QED) is 0.378. The van der Waals surface area contributed by atoms with Crippen LogP contribution < -0.4 is 10.1 Å². The molecular formula is C11H11FNSi. The minimum absolute atomic E-state index is 0.191. The van der Waals surface area contributed by atoms with Crippen molar-refractivity contribution in [3.05, 3.63) is 23.0 Å². The molecular weight excluding hydrogens is 193 g/mol. The van der Waals surface area contributed by atoms with Gasteiger partial charge in [0.2, 0.25) is 0 Å². The maximum Gasteiger partial charge on any atom is 0.129 e. The second kappa shape index (κ2) is 3.85. The van der Waals surface area contributed by atoms with E-state index in [1.54, 1.807) is 31.9 Å². The van der Waals surface area contributed by atoms with Crippen LogP contribution in [0.2, 0.25) is 0 Å². The van der Waals surface area contributed by atoms with Gasteiger partial charge in [-0.15, -0.1) is 0 Å². The Hall–Kier alpha value is -1.27. The molecule has 0 saturated carbocycles. The molecule has 0 aromatic heterocycles. The number of halogens is 1. The third-order valence-electron chi connectivity index (χ3n) is 2.21. The van der Waals surface area contributed by atoms with Gasteiger partial charge in [-0.3, -0.25) is 0 Å². The molecule has 0 bridgehead atoms. The van der Waals surface area contributed by atoms with Gasteiger partial charge in [-0.1, -0.05) is 6.42 Å². The van der Waals surface area contributed by atoms with Crippen molar-refractivity contribution in [2.24, 2.45) is 0 Å². The van der Waals surface area contributed by atoms with Crippen LogP contribution in [0.3, 0.4) is 0 Å². The van der Waals surface area contributed by atoms with E-state index in [-0.39, 0.29) is 5.82 Å². The first-order valence-electron chi connectivity index (χ1n) is 4.20. The second-order valence-corrected chi connectivity index (χ2v) is 3.71. The van der Waals surface area contributed by atoms with Crippen LogP contribution in [0.4, 0.5) is 10.1 Å². The summed E-state index contributed by atoms with van der Waals surface area (Å²) >= 11 is 0. The lowest BCUT2D eigenvalue weighted by Gasteiger charge is -2.17. The van der Waals surface area contributed by atoms with Gasteiger partial charge in [0.1, 0.15) is 5.82 Å². The van der Waals surface area contributed by atoms with Crippen LogP contribution in [-0.2, 0) is 0 Å². The Morgan fingerprint density at radius 3 is 2.57 bits per heavy atom. The zero-order valence-electron chi connectivity index (χ0n) is 8.48. The molecule has 0 atom stereocenters. The summed E-state index contributed by atoms with van der Waals surface area (Å²) in [5.74, 6) is -0.191. The van der Waals surface area contributed by atoms with Crippen molar-refractivity contribution in [3.63, 3.8) is 0 Å². The van der Waals surface area contributed by atoms with Crippen LogP contribution in [0.25, 0.3) is 0 Å². The van der Waals surface area contributed by atoms with Gasteiger partial charge < -0.3 is 4.90 Å². The Labute approximate surface area is 87.4 Å². The van der Waals surface area contributed by atoms with E-state index in [1.165, 1.54) is 0 Å². The van der Waals surface area contributed by atoms with E-state index >= 15 is 0 Å². The highest BCUT2D eigenvalue weighted by atomic mass is 28.1. The van der Waals surface area contributed by atoms with Crippen molar-refractivity contribution in [1.29, 1.82) is 0 Å². The van der Waals surface area contributed by atoms with Gasteiger partial charge in [-0.05, 0) is 36.2 Å². The number of terminal acetylenes is 1. The summed E-state index contributed by atoms with van der Waals surface area (Å²) in [7, 11) is 5.14. The minimum Gasteiger partial charge on any atom is -0.305 e. The van der Waals surface area contributed by atoms with Gasteiger partial charge in [0.15, 0.2) is 0 Å². The highest BCUT2D eigenvalue weighted by molar-refractivity contribution is 6.37. The predicted molar refractivity (Wildman–Crippen MR) is 58.5 cm³/mol. The molecule has 0 heterocycles. The summed E-state index contributed by atoms with van der Waals surface area (Å²) in [6.45, 7) is 3.44. The second-order valence-electron chi connectivity index (χ2n) is 3.21. The molecule has 0 spiro atoms. The number of benzene rings is 1. The number of aryl methyl sites for hydroxylation is 1. The van der Waals surface area contributed by atoms with E-state index in [0.29, 0.717) is 16.3 Å². The van der Waals surface area contributed by atoms with Gasteiger partial charge in [-0.25, -0.2) is 4.39 Å². The van der Waals surface area contributed by atoms with Gasteiger partial charge in [0.25, 0.3) is 0 Å². The topological polar surface area (TPSA) is 3.24 Å². The van der Waals surface area contributed by atoms with Crippen LogP contribution in [0.15, 0.2) is 6.07 Å². The van der Waals surface area contributed by atoms with Gasteiger partial charge >= 0.3 is 0 Å². The fourth-order valence-electron chi connectivity index (χ4n) is 1.27. The first kappa shape index (κ1) is 10.8. The molecule has 3 radical (unpaired) electrons. The first-order chi connectivity index (χ1) is 6.49. The molecule has 71 valence electrons. The Balaban J connectivity index is 3.42. The highest BCUT2D eigenvalue weighted by Gasteiger charge is 2.11.